The van der Waals surface area contributed by atoms with Gasteiger partial charge in [-0.25, -0.2) is 4.98 Å². The number of anilines is 1. The second-order valence-corrected chi connectivity index (χ2v) is 8.92. The molecule has 4 rings (SSSR count). The lowest BCUT2D eigenvalue weighted by Gasteiger charge is -2.34. The van der Waals surface area contributed by atoms with Crippen LogP contribution in [-0.4, -0.2) is 64.9 Å². The van der Waals surface area contributed by atoms with Crippen LogP contribution in [0.5, 0.6) is 0 Å². The fourth-order valence-electron chi connectivity index (χ4n) is 3.47. The van der Waals surface area contributed by atoms with E-state index < -0.39 is 0 Å². The largest absolute Gasteiger partial charge is 0.349 e. The van der Waals surface area contributed by atoms with E-state index in [4.69, 9.17) is 4.98 Å². The number of rotatable bonds is 6. The third kappa shape index (κ3) is 4.04. The average molecular weight is 416 g/mol. The number of thiazole rings is 1. The molecular weight excluding hydrogens is 390 g/mol. The summed E-state index contributed by atoms with van der Waals surface area (Å²) in [4.78, 5) is 30.2. The molecule has 8 heteroatoms. The zero-order valence-corrected chi connectivity index (χ0v) is 17.9. The predicted octanol–water partition coefficient (Wildman–Crippen LogP) is 3.56. The predicted molar refractivity (Wildman–Crippen MR) is 116 cm³/mol. The van der Waals surface area contributed by atoms with Gasteiger partial charge in [-0.1, -0.05) is 17.4 Å². The fraction of sp³-hybridized carbons (Fsp3) is 0.450. The molecule has 0 unspecified atom stereocenters. The molecule has 28 heavy (non-hydrogen) atoms. The molecule has 0 spiro atoms. The SMILES string of the molecule is CCN(CC)c1nc2sc(C(=O)N3CCN(Cc4cccnc4)CC3)cc2s1. The molecular formula is C20H25N5OS2. The van der Waals surface area contributed by atoms with E-state index in [0.717, 1.165) is 65.4 Å². The molecule has 0 aliphatic carbocycles. The van der Waals surface area contributed by atoms with Gasteiger partial charge in [0.15, 0.2) is 5.13 Å². The standard InChI is InChI=1S/C20H25N5OS2/c1-3-24(4-2)20-22-18-16(28-20)12-17(27-18)19(26)25-10-8-23(9-11-25)14-15-6-5-7-21-13-15/h5-7,12-13H,3-4,8-11,14H2,1-2H3. The van der Waals surface area contributed by atoms with Crippen molar-refractivity contribution in [3.8, 4) is 0 Å². The number of aromatic nitrogens is 2. The quantitative estimate of drug-likeness (QED) is 0.616. The summed E-state index contributed by atoms with van der Waals surface area (Å²) in [6, 6.07) is 6.09. The lowest BCUT2D eigenvalue weighted by molar-refractivity contribution is 0.0633. The molecule has 3 aromatic rings. The van der Waals surface area contributed by atoms with Crippen molar-refractivity contribution in [2.45, 2.75) is 20.4 Å². The fourth-order valence-corrected chi connectivity index (χ4v) is 5.78. The van der Waals surface area contributed by atoms with E-state index in [1.54, 1.807) is 17.5 Å². The van der Waals surface area contributed by atoms with Gasteiger partial charge in [0.1, 0.15) is 4.83 Å². The average Bonchev–Trinajstić information content (AvgIpc) is 3.29. The van der Waals surface area contributed by atoms with Gasteiger partial charge in [0.2, 0.25) is 0 Å². The highest BCUT2D eigenvalue weighted by molar-refractivity contribution is 7.29. The Labute approximate surface area is 173 Å². The van der Waals surface area contributed by atoms with Crippen LogP contribution in [-0.2, 0) is 6.54 Å². The summed E-state index contributed by atoms with van der Waals surface area (Å²) in [6.45, 7) is 10.4. The summed E-state index contributed by atoms with van der Waals surface area (Å²) >= 11 is 3.20. The van der Waals surface area contributed by atoms with E-state index in [0.29, 0.717) is 0 Å². The van der Waals surface area contributed by atoms with E-state index in [1.807, 2.05) is 23.2 Å². The molecule has 148 valence electrons. The molecule has 3 aromatic heterocycles. The molecule has 1 fully saturated rings. The molecule has 1 aliphatic rings. The number of hydrogen-bond acceptors (Lipinski definition) is 7. The van der Waals surface area contributed by atoms with Crippen LogP contribution in [0.2, 0.25) is 0 Å². The summed E-state index contributed by atoms with van der Waals surface area (Å²) in [5, 5.41) is 1.05. The first kappa shape index (κ1) is 19.3. The third-order valence-electron chi connectivity index (χ3n) is 5.11. The molecule has 1 aliphatic heterocycles. The number of thiophene rings is 1. The Balaban J connectivity index is 1.38. The van der Waals surface area contributed by atoms with Crippen molar-refractivity contribution in [1.82, 2.24) is 19.8 Å². The normalized spacial score (nSPS) is 15.3. The smallest absolute Gasteiger partial charge is 0.264 e. The van der Waals surface area contributed by atoms with E-state index in [9.17, 15) is 4.79 Å². The maximum atomic E-state index is 12.9. The van der Waals surface area contributed by atoms with Crippen molar-refractivity contribution in [2.75, 3.05) is 44.2 Å². The maximum Gasteiger partial charge on any atom is 0.264 e. The minimum Gasteiger partial charge on any atom is -0.349 e. The number of pyridine rings is 1. The molecule has 1 saturated heterocycles. The van der Waals surface area contributed by atoms with Gasteiger partial charge < -0.3 is 9.80 Å². The van der Waals surface area contributed by atoms with E-state index in [1.165, 1.54) is 16.9 Å². The minimum atomic E-state index is 0.139. The van der Waals surface area contributed by atoms with Crippen LogP contribution in [0.3, 0.4) is 0 Å². The van der Waals surface area contributed by atoms with Crippen molar-refractivity contribution in [1.29, 1.82) is 0 Å². The lowest BCUT2D eigenvalue weighted by atomic mass is 10.2. The summed E-state index contributed by atoms with van der Waals surface area (Å²) in [6.07, 6.45) is 3.71. The van der Waals surface area contributed by atoms with E-state index in [-0.39, 0.29) is 5.91 Å². The highest BCUT2D eigenvalue weighted by Gasteiger charge is 2.24. The van der Waals surface area contributed by atoms with Gasteiger partial charge in [-0.2, -0.15) is 0 Å². The minimum absolute atomic E-state index is 0.139. The summed E-state index contributed by atoms with van der Waals surface area (Å²) in [5.41, 5.74) is 1.22. The number of carbonyl (C=O) groups is 1. The Hall–Kier alpha value is -2.03. The van der Waals surface area contributed by atoms with Crippen LogP contribution in [0.4, 0.5) is 5.13 Å². The Kier molecular flexibility index (Phi) is 5.89. The van der Waals surface area contributed by atoms with Crippen LogP contribution in [0, 0.1) is 0 Å². The van der Waals surface area contributed by atoms with Crippen LogP contribution in [0.25, 0.3) is 9.53 Å². The Bertz CT molecular complexity index is 895. The van der Waals surface area contributed by atoms with Gasteiger partial charge in [-0.05, 0) is 31.5 Å². The Morgan fingerprint density at radius 2 is 1.96 bits per heavy atom. The molecule has 4 heterocycles. The first-order valence-corrected chi connectivity index (χ1v) is 11.4. The van der Waals surface area contributed by atoms with Crippen molar-refractivity contribution in [3.63, 3.8) is 0 Å². The highest BCUT2D eigenvalue weighted by atomic mass is 32.1. The summed E-state index contributed by atoms with van der Waals surface area (Å²) in [7, 11) is 0. The van der Waals surface area contributed by atoms with Gasteiger partial charge in [0.25, 0.3) is 5.91 Å². The van der Waals surface area contributed by atoms with E-state index in [2.05, 4.69) is 34.7 Å². The first-order valence-electron chi connectivity index (χ1n) is 9.73. The first-order chi connectivity index (χ1) is 13.7. The van der Waals surface area contributed by atoms with Crippen LogP contribution in [0.1, 0.15) is 29.1 Å². The van der Waals surface area contributed by atoms with Crippen LogP contribution < -0.4 is 4.90 Å². The number of amides is 1. The van der Waals surface area contributed by atoms with E-state index >= 15 is 0 Å². The second-order valence-electron chi connectivity index (χ2n) is 6.88. The lowest BCUT2D eigenvalue weighted by Crippen LogP contribution is -2.48. The Morgan fingerprint density at radius 3 is 2.61 bits per heavy atom. The van der Waals surface area contributed by atoms with Crippen LogP contribution >= 0.6 is 22.7 Å². The van der Waals surface area contributed by atoms with Crippen molar-refractivity contribution in [3.05, 3.63) is 41.0 Å². The van der Waals surface area contributed by atoms with Gasteiger partial charge in [-0.15, -0.1) is 11.3 Å². The monoisotopic (exact) mass is 415 g/mol. The summed E-state index contributed by atoms with van der Waals surface area (Å²) < 4.78 is 1.12. The molecule has 0 radical (unpaired) electrons. The summed E-state index contributed by atoms with van der Waals surface area (Å²) in [5.74, 6) is 0.139. The third-order valence-corrected chi connectivity index (χ3v) is 7.32. The van der Waals surface area contributed by atoms with Crippen LogP contribution in [0.15, 0.2) is 30.6 Å². The highest BCUT2D eigenvalue weighted by Crippen LogP contribution is 2.35. The zero-order valence-electron chi connectivity index (χ0n) is 16.3. The van der Waals surface area contributed by atoms with Gasteiger partial charge in [0, 0.05) is 58.2 Å². The molecule has 1 amide bonds. The number of fused-ring (bicyclic) bond motifs is 1. The van der Waals surface area contributed by atoms with Gasteiger partial charge >= 0.3 is 0 Å². The molecule has 0 saturated carbocycles. The Morgan fingerprint density at radius 1 is 1.18 bits per heavy atom. The molecule has 0 atom stereocenters. The zero-order chi connectivity index (χ0) is 19.5. The van der Waals surface area contributed by atoms with Crippen molar-refractivity contribution >= 4 is 43.2 Å². The molecule has 0 N–H and O–H groups in total. The number of carbonyl (C=O) groups excluding carboxylic acids is 1. The molecule has 0 bridgehead atoms. The number of nitrogens with zero attached hydrogens (tertiary/aromatic N) is 5. The number of piperazine rings is 1. The second kappa shape index (κ2) is 8.55. The van der Waals surface area contributed by atoms with Crippen molar-refractivity contribution in [2.24, 2.45) is 0 Å². The van der Waals surface area contributed by atoms with Crippen molar-refractivity contribution < 1.29 is 4.79 Å². The van der Waals surface area contributed by atoms with Gasteiger partial charge in [0.05, 0.1) is 9.58 Å². The number of hydrogen-bond donors (Lipinski definition) is 0. The topological polar surface area (TPSA) is 52.6 Å². The maximum absolute atomic E-state index is 12.9. The molecule has 0 aromatic carbocycles. The molecule has 6 nitrogen and oxygen atoms in total. The van der Waals surface area contributed by atoms with Gasteiger partial charge in [-0.3, -0.25) is 14.7 Å².